The van der Waals surface area contributed by atoms with Crippen LogP contribution in [-0.2, 0) is 0 Å². The van der Waals surface area contributed by atoms with E-state index >= 15 is 0 Å². The quantitative estimate of drug-likeness (QED) is 0.563. The molecule has 3 nitrogen and oxygen atoms in total. The van der Waals surface area contributed by atoms with E-state index in [0.29, 0.717) is 11.6 Å². The van der Waals surface area contributed by atoms with Crippen LogP contribution in [-0.4, -0.2) is 15.0 Å². The summed E-state index contributed by atoms with van der Waals surface area (Å²) >= 11 is 5.94. The van der Waals surface area contributed by atoms with Crippen molar-refractivity contribution in [2.24, 2.45) is 0 Å². The summed E-state index contributed by atoms with van der Waals surface area (Å²) in [6.07, 6.45) is 10.9. The molecule has 0 atom stereocenters. The molecule has 1 aromatic heterocycles. The van der Waals surface area contributed by atoms with E-state index in [2.05, 4.69) is 41.3 Å². The summed E-state index contributed by atoms with van der Waals surface area (Å²) in [4.78, 5) is 12.6. The van der Waals surface area contributed by atoms with Gasteiger partial charge in [0.25, 0.3) is 0 Å². The molecule has 0 spiro atoms. The Balaban J connectivity index is 0.00000191. The predicted molar refractivity (Wildman–Crippen MR) is 92.9 cm³/mol. The smallest absolute Gasteiger partial charge is 0.208 e. The van der Waals surface area contributed by atoms with Crippen molar-refractivity contribution in [3.05, 3.63) is 79.7 Å². The zero-order valence-corrected chi connectivity index (χ0v) is 13.3. The van der Waals surface area contributed by atoms with Crippen molar-refractivity contribution in [3.8, 4) is 0 Å². The molecule has 0 aliphatic rings. The van der Waals surface area contributed by atoms with Gasteiger partial charge in [0, 0.05) is 11.1 Å². The SMILES string of the molecule is C=C.C=C/C(=C\C)c1nc(Cl)nc(/C(C=C)=C/C=C\C)n1. The third kappa shape index (κ3) is 5.71. The summed E-state index contributed by atoms with van der Waals surface area (Å²) in [7, 11) is 0. The Labute approximate surface area is 131 Å². The highest BCUT2D eigenvalue weighted by Gasteiger charge is 2.09. The Kier molecular flexibility index (Phi) is 9.39. The molecule has 0 amide bonds. The summed E-state index contributed by atoms with van der Waals surface area (Å²) in [5, 5.41) is 0.148. The minimum Gasteiger partial charge on any atom is -0.208 e. The Morgan fingerprint density at radius 1 is 0.952 bits per heavy atom. The minimum absolute atomic E-state index is 0.148. The molecule has 0 saturated heterocycles. The van der Waals surface area contributed by atoms with Crippen LogP contribution in [0.5, 0.6) is 0 Å². The fourth-order valence-electron chi connectivity index (χ4n) is 1.38. The summed E-state index contributed by atoms with van der Waals surface area (Å²) in [5.41, 5.74) is 1.59. The molecule has 0 saturated carbocycles. The normalized spacial score (nSPS) is 11.8. The van der Waals surface area contributed by atoms with Gasteiger partial charge in [-0.3, -0.25) is 0 Å². The van der Waals surface area contributed by atoms with Crippen LogP contribution in [0.4, 0.5) is 0 Å². The second-order valence-electron chi connectivity index (χ2n) is 3.55. The van der Waals surface area contributed by atoms with Gasteiger partial charge in [-0.05, 0) is 25.4 Å². The molecular formula is C17H20ClN3. The van der Waals surface area contributed by atoms with E-state index in [-0.39, 0.29) is 5.28 Å². The van der Waals surface area contributed by atoms with Gasteiger partial charge in [-0.1, -0.05) is 49.6 Å². The number of aromatic nitrogens is 3. The molecule has 110 valence electrons. The summed E-state index contributed by atoms with van der Waals surface area (Å²) in [6.45, 7) is 17.3. The van der Waals surface area contributed by atoms with Crippen LogP contribution in [0, 0.1) is 0 Å². The average molecular weight is 302 g/mol. The molecule has 0 N–H and O–H groups in total. The van der Waals surface area contributed by atoms with Crippen molar-refractivity contribution in [2.75, 3.05) is 0 Å². The first-order valence-electron chi connectivity index (χ1n) is 6.32. The van der Waals surface area contributed by atoms with Gasteiger partial charge in [-0.2, -0.15) is 9.97 Å². The van der Waals surface area contributed by atoms with Crippen molar-refractivity contribution in [1.82, 2.24) is 15.0 Å². The van der Waals surface area contributed by atoms with E-state index in [9.17, 15) is 0 Å². The van der Waals surface area contributed by atoms with Crippen molar-refractivity contribution in [1.29, 1.82) is 0 Å². The lowest BCUT2D eigenvalue weighted by Gasteiger charge is -2.05. The Bertz CT molecular complexity index is 584. The fraction of sp³-hybridized carbons (Fsp3) is 0.118. The van der Waals surface area contributed by atoms with E-state index in [4.69, 9.17) is 11.6 Å². The molecule has 0 aromatic carbocycles. The molecule has 1 aromatic rings. The monoisotopic (exact) mass is 301 g/mol. The van der Waals surface area contributed by atoms with Crippen LogP contribution in [0.25, 0.3) is 11.1 Å². The van der Waals surface area contributed by atoms with Gasteiger partial charge in [-0.25, -0.2) is 4.98 Å². The van der Waals surface area contributed by atoms with E-state index in [0.717, 1.165) is 11.1 Å². The van der Waals surface area contributed by atoms with E-state index < -0.39 is 0 Å². The topological polar surface area (TPSA) is 38.7 Å². The lowest BCUT2D eigenvalue weighted by atomic mass is 10.2. The molecule has 0 aliphatic heterocycles. The first-order chi connectivity index (χ1) is 10.2. The van der Waals surface area contributed by atoms with Crippen LogP contribution in [0.3, 0.4) is 0 Å². The highest BCUT2D eigenvalue weighted by molar-refractivity contribution is 6.28. The number of nitrogens with zero attached hydrogens (tertiary/aromatic N) is 3. The number of allylic oxidation sites excluding steroid dienone is 8. The second kappa shape index (κ2) is 10.5. The molecule has 0 unspecified atom stereocenters. The maximum Gasteiger partial charge on any atom is 0.226 e. The number of rotatable bonds is 5. The number of hydrogen-bond acceptors (Lipinski definition) is 3. The molecule has 0 radical (unpaired) electrons. The molecule has 4 heteroatoms. The van der Waals surface area contributed by atoms with Crippen molar-refractivity contribution < 1.29 is 0 Å². The Hall–Kier alpha value is -2.26. The maximum absolute atomic E-state index is 5.94. The minimum atomic E-state index is 0.148. The molecular weight excluding hydrogens is 282 g/mol. The van der Waals surface area contributed by atoms with Gasteiger partial charge < -0.3 is 0 Å². The molecule has 1 rings (SSSR count). The van der Waals surface area contributed by atoms with Gasteiger partial charge in [-0.15, -0.1) is 13.2 Å². The van der Waals surface area contributed by atoms with E-state index in [1.54, 1.807) is 12.2 Å². The highest BCUT2D eigenvalue weighted by Crippen LogP contribution is 2.17. The Morgan fingerprint density at radius 3 is 1.90 bits per heavy atom. The van der Waals surface area contributed by atoms with Gasteiger partial charge in [0.05, 0.1) is 0 Å². The second-order valence-corrected chi connectivity index (χ2v) is 3.89. The van der Waals surface area contributed by atoms with Gasteiger partial charge in [0.2, 0.25) is 5.28 Å². The third-order valence-corrected chi connectivity index (χ3v) is 2.51. The van der Waals surface area contributed by atoms with Crippen LogP contribution in [0.1, 0.15) is 25.5 Å². The number of halogens is 1. The van der Waals surface area contributed by atoms with Gasteiger partial charge >= 0.3 is 0 Å². The number of hydrogen-bond donors (Lipinski definition) is 0. The third-order valence-electron chi connectivity index (χ3n) is 2.34. The zero-order chi connectivity index (χ0) is 16.3. The van der Waals surface area contributed by atoms with Crippen molar-refractivity contribution in [2.45, 2.75) is 13.8 Å². The molecule has 21 heavy (non-hydrogen) atoms. The van der Waals surface area contributed by atoms with Crippen molar-refractivity contribution in [3.63, 3.8) is 0 Å². The zero-order valence-electron chi connectivity index (χ0n) is 12.5. The van der Waals surface area contributed by atoms with Crippen LogP contribution >= 0.6 is 11.6 Å². The van der Waals surface area contributed by atoms with Gasteiger partial charge in [0.15, 0.2) is 11.6 Å². The van der Waals surface area contributed by atoms with Crippen LogP contribution in [0.15, 0.2) is 62.8 Å². The molecule has 0 bridgehead atoms. The molecule has 1 heterocycles. The lowest BCUT2D eigenvalue weighted by Crippen LogP contribution is -2.01. The molecule has 0 fully saturated rings. The highest BCUT2D eigenvalue weighted by atomic mass is 35.5. The molecule has 0 aliphatic carbocycles. The largest absolute Gasteiger partial charge is 0.226 e. The first-order valence-corrected chi connectivity index (χ1v) is 6.70. The average Bonchev–Trinajstić information content (AvgIpc) is 2.51. The van der Waals surface area contributed by atoms with Gasteiger partial charge in [0.1, 0.15) is 0 Å². The van der Waals surface area contributed by atoms with Crippen LogP contribution in [0.2, 0.25) is 5.28 Å². The predicted octanol–water partition coefficient (Wildman–Crippen LogP) is 5.06. The summed E-state index contributed by atoms with van der Waals surface area (Å²) in [6, 6.07) is 0. The van der Waals surface area contributed by atoms with E-state index in [1.807, 2.05) is 38.2 Å². The maximum atomic E-state index is 5.94. The lowest BCUT2D eigenvalue weighted by molar-refractivity contribution is 0.994. The van der Waals surface area contributed by atoms with E-state index in [1.165, 1.54) is 0 Å². The Morgan fingerprint density at radius 2 is 1.48 bits per heavy atom. The fourth-order valence-corrected chi connectivity index (χ4v) is 1.54. The first kappa shape index (κ1) is 18.7. The van der Waals surface area contributed by atoms with Crippen molar-refractivity contribution >= 4 is 22.7 Å². The standard InChI is InChI=1S/C15H16ClN3.C2H4/c1-5-9-10-12(8-4)14-17-13(11(6-2)7-3)18-15(16)19-14;1-2/h5-10H,2,4H2,1,3H3;1-2H2/b9-5-,11-7+,12-10+;. The summed E-state index contributed by atoms with van der Waals surface area (Å²) in [5.74, 6) is 0.991. The van der Waals surface area contributed by atoms with Crippen LogP contribution < -0.4 is 0 Å². The summed E-state index contributed by atoms with van der Waals surface area (Å²) < 4.78 is 0.